The van der Waals surface area contributed by atoms with E-state index in [4.69, 9.17) is 9.47 Å². The van der Waals surface area contributed by atoms with Gasteiger partial charge < -0.3 is 29.1 Å². The average molecular weight is 542 g/mol. The number of anilines is 1. The maximum absolute atomic E-state index is 13.2. The monoisotopic (exact) mass is 541 g/mol. The zero-order chi connectivity index (χ0) is 27.3. The third kappa shape index (κ3) is 7.41. The molecular weight excluding hydrogens is 506 g/mol. The quantitative estimate of drug-likeness (QED) is 0.548. The van der Waals surface area contributed by atoms with Crippen LogP contribution in [0.15, 0.2) is 59.5 Å². The fourth-order valence-electron chi connectivity index (χ4n) is 4.54. The molecule has 2 aromatic rings. The van der Waals surface area contributed by atoms with Gasteiger partial charge in [0.15, 0.2) is 4.90 Å². The summed E-state index contributed by atoms with van der Waals surface area (Å²) in [7, 11) is 0. The first kappa shape index (κ1) is 27.8. The highest BCUT2D eigenvalue weighted by atomic mass is 32.2. The first-order valence-electron chi connectivity index (χ1n) is 12.9. The van der Waals surface area contributed by atoms with Crippen molar-refractivity contribution >= 4 is 35.0 Å². The highest BCUT2D eigenvalue weighted by Gasteiger charge is 2.34. The summed E-state index contributed by atoms with van der Waals surface area (Å²) in [5, 5.41) is 2.70. The van der Waals surface area contributed by atoms with Gasteiger partial charge in [0.05, 0.1) is 6.04 Å². The fourth-order valence-corrected chi connectivity index (χ4v) is 5.97. The van der Waals surface area contributed by atoms with Gasteiger partial charge >= 0.3 is 12.2 Å². The normalized spacial score (nSPS) is 19.3. The molecule has 38 heavy (non-hydrogen) atoms. The second-order valence-electron chi connectivity index (χ2n) is 10.6. The van der Waals surface area contributed by atoms with Crippen molar-refractivity contribution in [2.45, 2.75) is 68.4 Å². The minimum absolute atomic E-state index is 0.0603. The lowest BCUT2D eigenvalue weighted by atomic mass is 10.1. The van der Waals surface area contributed by atoms with Crippen molar-refractivity contribution in [3.63, 3.8) is 0 Å². The van der Waals surface area contributed by atoms with Crippen LogP contribution in [0.3, 0.4) is 0 Å². The number of alkyl carbamates (subject to hydrolysis) is 1. The largest absolute Gasteiger partial charge is 0.611 e. The maximum Gasteiger partial charge on any atom is 0.410 e. The zero-order valence-corrected chi connectivity index (χ0v) is 22.9. The lowest BCUT2D eigenvalue weighted by Crippen LogP contribution is -2.42. The summed E-state index contributed by atoms with van der Waals surface area (Å²) in [6.45, 7) is 6.93. The Kier molecular flexibility index (Phi) is 8.83. The van der Waals surface area contributed by atoms with Crippen LogP contribution in [0, 0.1) is 0 Å². The number of nitrogens with one attached hydrogen (secondary N) is 1. The number of ether oxygens (including phenoxy) is 2. The first-order chi connectivity index (χ1) is 18.1. The van der Waals surface area contributed by atoms with Crippen LogP contribution in [0.5, 0.6) is 0 Å². The molecule has 2 fully saturated rings. The summed E-state index contributed by atoms with van der Waals surface area (Å²) in [4.78, 5) is 41.0. The molecule has 2 aromatic carbocycles. The van der Waals surface area contributed by atoms with Crippen LogP contribution in [0.4, 0.5) is 15.3 Å². The molecule has 2 aliphatic heterocycles. The average Bonchev–Trinajstić information content (AvgIpc) is 3.26. The first-order valence-corrected chi connectivity index (χ1v) is 14.1. The molecule has 0 bridgehead atoms. The number of nitrogens with zero attached hydrogens (tertiary/aromatic N) is 2. The van der Waals surface area contributed by atoms with E-state index >= 15 is 0 Å². The third-order valence-electron chi connectivity index (χ3n) is 6.43. The molecule has 0 spiro atoms. The van der Waals surface area contributed by atoms with Gasteiger partial charge in [0, 0.05) is 44.6 Å². The van der Waals surface area contributed by atoms with Crippen molar-refractivity contribution < 1.29 is 28.4 Å². The van der Waals surface area contributed by atoms with Crippen LogP contribution in [0.2, 0.25) is 0 Å². The van der Waals surface area contributed by atoms with E-state index in [0.29, 0.717) is 43.1 Å². The molecule has 4 rings (SSSR count). The molecule has 10 heteroatoms. The van der Waals surface area contributed by atoms with Crippen LogP contribution in [0.1, 0.15) is 45.6 Å². The van der Waals surface area contributed by atoms with Crippen LogP contribution in [0.25, 0.3) is 0 Å². The number of likely N-dealkylation sites (tertiary alicyclic amines) is 1. The summed E-state index contributed by atoms with van der Waals surface area (Å²) >= 11 is -1.23. The van der Waals surface area contributed by atoms with E-state index in [2.05, 4.69) is 5.32 Å². The van der Waals surface area contributed by atoms with Crippen molar-refractivity contribution in [1.29, 1.82) is 0 Å². The number of carbonyl (C=O) groups is 3. The Morgan fingerprint density at radius 2 is 1.71 bits per heavy atom. The Hall–Kier alpha value is -3.24. The van der Waals surface area contributed by atoms with Crippen molar-refractivity contribution in [2.75, 3.05) is 24.5 Å². The summed E-state index contributed by atoms with van der Waals surface area (Å²) in [5.41, 5.74) is 1.02. The van der Waals surface area contributed by atoms with Crippen LogP contribution >= 0.6 is 0 Å². The lowest BCUT2D eigenvalue weighted by molar-refractivity contribution is -0.117. The Morgan fingerprint density at radius 3 is 2.34 bits per heavy atom. The van der Waals surface area contributed by atoms with Gasteiger partial charge in [0.25, 0.3) is 0 Å². The van der Waals surface area contributed by atoms with Gasteiger partial charge in [-0.25, -0.2) is 9.59 Å². The molecule has 1 unspecified atom stereocenters. The smallest absolute Gasteiger partial charge is 0.410 e. The molecular formula is C28H35N3O6S. The van der Waals surface area contributed by atoms with Crippen LogP contribution in [-0.2, 0) is 32.1 Å². The van der Waals surface area contributed by atoms with Crippen molar-refractivity contribution in [3.8, 4) is 0 Å². The minimum Gasteiger partial charge on any atom is -0.611 e. The van der Waals surface area contributed by atoms with Gasteiger partial charge in [-0.1, -0.05) is 30.3 Å². The van der Waals surface area contributed by atoms with Crippen molar-refractivity contribution in [1.82, 2.24) is 10.2 Å². The van der Waals surface area contributed by atoms with E-state index in [9.17, 15) is 18.9 Å². The van der Waals surface area contributed by atoms with E-state index in [0.717, 1.165) is 5.56 Å². The van der Waals surface area contributed by atoms with Gasteiger partial charge in [-0.2, -0.15) is 0 Å². The standard InChI is InChI=1S/C28H35N3O6S/c1-28(2,3)37-26(33)29-21-17-25(32)31(18-21)22-9-11-23(12-10-22)38(35)24-13-15-30(16-14-24)27(34)36-19-20-7-5-4-6-8-20/h4-12,21,24H,13-19H2,1-3H3,(H,29,33)/t21-,38?/m1/s1. The van der Waals surface area contributed by atoms with Gasteiger partial charge in [0.2, 0.25) is 5.91 Å². The number of benzene rings is 2. The number of amides is 3. The number of hydrogen-bond donors (Lipinski definition) is 1. The highest BCUT2D eigenvalue weighted by Crippen LogP contribution is 2.28. The van der Waals surface area contributed by atoms with Crippen LogP contribution in [-0.4, -0.2) is 64.1 Å². The summed E-state index contributed by atoms with van der Waals surface area (Å²) in [6, 6.07) is 16.4. The lowest BCUT2D eigenvalue weighted by Gasteiger charge is -2.32. The molecule has 0 radical (unpaired) electrons. The van der Waals surface area contributed by atoms with Crippen molar-refractivity contribution in [2.24, 2.45) is 0 Å². The number of hydrogen-bond acceptors (Lipinski definition) is 6. The van der Waals surface area contributed by atoms with Gasteiger partial charge in [-0.3, -0.25) is 4.79 Å². The van der Waals surface area contributed by atoms with E-state index in [1.165, 1.54) is 0 Å². The maximum atomic E-state index is 13.2. The molecule has 1 N–H and O–H groups in total. The Bertz CT molecular complexity index is 1110. The molecule has 9 nitrogen and oxygen atoms in total. The van der Waals surface area contributed by atoms with Crippen molar-refractivity contribution in [3.05, 3.63) is 60.2 Å². The third-order valence-corrected chi connectivity index (χ3v) is 8.25. The molecule has 2 aliphatic rings. The minimum atomic E-state index is -1.23. The van der Waals surface area contributed by atoms with Crippen LogP contribution < -0.4 is 10.2 Å². The molecule has 2 atom stereocenters. The Balaban J connectivity index is 1.25. The summed E-state index contributed by atoms with van der Waals surface area (Å²) in [6.07, 6.45) is 0.546. The molecule has 0 saturated carbocycles. The topological polar surface area (TPSA) is 111 Å². The van der Waals surface area contributed by atoms with Gasteiger partial charge in [-0.15, -0.1) is 0 Å². The Morgan fingerprint density at radius 1 is 1.05 bits per heavy atom. The predicted molar refractivity (Wildman–Crippen MR) is 144 cm³/mol. The van der Waals surface area contributed by atoms with E-state index in [-0.39, 0.29) is 36.3 Å². The van der Waals surface area contributed by atoms with Gasteiger partial charge in [0.1, 0.15) is 17.5 Å². The highest BCUT2D eigenvalue weighted by molar-refractivity contribution is 7.92. The molecule has 0 aromatic heterocycles. The van der Waals surface area contributed by atoms with Gasteiger partial charge in [-0.05, 0) is 61.8 Å². The Labute approximate surface area is 226 Å². The summed E-state index contributed by atoms with van der Waals surface area (Å²) in [5.74, 6) is -0.0912. The van der Waals surface area contributed by atoms with E-state index < -0.39 is 22.9 Å². The fraction of sp³-hybridized carbons (Fsp3) is 0.464. The second kappa shape index (κ2) is 12.1. The molecule has 0 aliphatic carbocycles. The second-order valence-corrected chi connectivity index (χ2v) is 12.3. The molecule has 3 amide bonds. The summed E-state index contributed by atoms with van der Waals surface area (Å²) < 4.78 is 23.9. The molecule has 204 valence electrons. The predicted octanol–water partition coefficient (Wildman–Crippen LogP) is 4.23. The molecule has 2 saturated heterocycles. The SMILES string of the molecule is CC(C)(C)OC(=O)N[C@@H]1CC(=O)N(c2ccc([S+]([O-])C3CCN(C(=O)OCc4ccccc4)CC3)cc2)C1. The number of piperidine rings is 1. The number of carbonyl (C=O) groups excluding carboxylic acids is 3. The van der Waals surface area contributed by atoms with E-state index in [1.54, 1.807) is 54.8 Å². The van der Waals surface area contributed by atoms with E-state index in [1.807, 2.05) is 30.3 Å². The zero-order valence-electron chi connectivity index (χ0n) is 22.1. The number of rotatable bonds is 6. The molecule has 2 heterocycles.